The van der Waals surface area contributed by atoms with Gasteiger partial charge in [0.2, 0.25) is 5.95 Å². The van der Waals surface area contributed by atoms with Crippen LogP contribution in [0, 0.1) is 0 Å². The summed E-state index contributed by atoms with van der Waals surface area (Å²) in [5.41, 5.74) is 0.0129. The van der Waals surface area contributed by atoms with Gasteiger partial charge < -0.3 is 10.0 Å². The van der Waals surface area contributed by atoms with Crippen molar-refractivity contribution in [2.75, 3.05) is 23.4 Å². The number of aliphatic hydroxyl groups is 1. The number of hydrogen-bond acceptors (Lipinski definition) is 6. The molecule has 0 radical (unpaired) electrons. The highest BCUT2D eigenvalue weighted by Crippen LogP contribution is 2.32. The minimum atomic E-state index is -4.58. The van der Waals surface area contributed by atoms with Crippen molar-refractivity contribution in [3.05, 3.63) is 11.8 Å². The van der Waals surface area contributed by atoms with E-state index in [1.165, 1.54) is 0 Å². The summed E-state index contributed by atoms with van der Waals surface area (Å²) in [6.45, 7) is 2.38. The molecule has 0 bridgehead atoms. The van der Waals surface area contributed by atoms with Crippen molar-refractivity contribution in [3.63, 3.8) is 0 Å². The molecule has 2 rings (SSSR count). The third-order valence-corrected chi connectivity index (χ3v) is 3.13. The van der Waals surface area contributed by atoms with Crippen LogP contribution in [0.4, 0.5) is 24.9 Å². The number of β-amino-alcohol motifs (C(OH)–C–C–N with tert-alkyl or cyclic N) is 1. The van der Waals surface area contributed by atoms with Crippen LogP contribution in [0.25, 0.3) is 0 Å². The summed E-state index contributed by atoms with van der Waals surface area (Å²) in [5, 5.41) is 10.0. The van der Waals surface area contributed by atoms with Crippen LogP contribution in [-0.4, -0.2) is 33.8 Å². The number of nitrogen functional groups attached to an aromatic ring is 1. The van der Waals surface area contributed by atoms with Gasteiger partial charge in [-0.25, -0.2) is 10.8 Å². The van der Waals surface area contributed by atoms with Crippen molar-refractivity contribution in [2.24, 2.45) is 5.84 Å². The van der Waals surface area contributed by atoms with Crippen molar-refractivity contribution in [1.29, 1.82) is 0 Å². The first-order valence-electron chi connectivity index (χ1n) is 6.11. The Kier molecular flexibility index (Phi) is 3.74. The van der Waals surface area contributed by atoms with Crippen LogP contribution in [0.1, 0.15) is 25.5 Å². The molecule has 0 saturated carbocycles. The molecule has 1 aliphatic rings. The molecular formula is C11H16F3N5O. The van der Waals surface area contributed by atoms with E-state index >= 15 is 0 Å². The fourth-order valence-electron chi connectivity index (χ4n) is 2.22. The van der Waals surface area contributed by atoms with Crippen LogP contribution in [0.15, 0.2) is 6.07 Å². The van der Waals surface area contributed by atoms with Gasteiger partial charge in [-0.1, -0.05) is 0 Å². The van der Waals surface area contributed by atoms with Gasteiger partial charge in [0, 0.05) is 19.2 Å². The highest BCUT2D eigenvalue weighted by molar-refractivity contribution is 5.46. The number of piperidine rings is 1. The first-order valence-corrected chi connectivity index (χ1v) is 6.11. The van der Waals surface area contributed by atoms with Crippen LogP contribution >= 0.6 is 0 Å². The fraction of sp³-hybridized carbons (Fsp3) is 0.636. The van der Waals surface area contributed by atoms with Crippen molar-refractivity contribution in [1.82, 2.24) is 9.97 Å². The molecule has 0 aromatic carbocycles. The van der Waals surface area contributed by atoms with Gasteiger partial charge in [-0.05, 0) is 19.8 Å². The number of rotatable bonds is 2. The number of halogens is 3. The van der Waals surface area contributed by atoms with E-state index in [1.807, 2.05) is 5.43 Å². The second-order valence-corrected chi connectivity index (χ2v) is 5.10. The molecule has 112 valence electrons. The molecular weight excluding hydrogens is 275 g/mol. The number of nitrogens with zero attached hydrogens (tertiary/aromatic N) is 3. The predicted molar refractivity (Wildman–Crippen MR) is 66.9 cm³/mol. The quantitative estimate of drug-likeness (QED) is 0.559. The molecule has 0 amide bonds. The molecule has 1 atom stereocenters. The van der Waals surface area contributed by atoms with Crippen LogP contribution in [0.3, 0.4) is 0 Å². The number of hydrogen-bond donors (Lipinski definition) is 3. The summed E-state index contributed by atoms with van der Waals surface area (Å²) in [6, 6.07) is 0.863. The summed E-state index contributed by atoms with van der Waals surface area (Å²) >= 11 is 0. The van der Waals surface area contributed by atoms with Gasteiger partial charge in [0.05, 0.1) is 5.60 Å². The molecule has 4 N–H and O–H groups in total. The molecule has 0 spiro atoms. The Labute approximate surface area is 113 Å². The van der Waals surface area contributed by atoms with Crippen molar-refractivity contribution in [2.45, 2.75) is 31.5 Å². The zero-order chi connectivity index (χ0) is 15.0. The second-order valence-electron chi connectivity index (χ2n) is 5.10. The topological polar surface area (TPSA) is 87.3 Å². The Morgan fingerprint density at radius 1 is 1.45 bits per heavy atom. The molecule has 1 unspecified atom stereocenters. The lowest BCUT2D eigenvalue weighted by molar-refractivity contribution is -0.141. The maximum Gasteiger partial charge on any atom is 0.433 e. The van der Waals surface area contributed by atoms with Gasteiger partial charge in [-0.2, -0.15) is 18.2 Å². The van der Waals surface area contributed by atoms with E-state index in [2.05, 4.69) is 9.97 Å². The van der Waals surface area contributed by atoms with E-state index in [0.29, 0.717) is 19.4 Å². The summed E-state index contributed by atoms with van der Waals surface area (Å²) < 4.78 is 38.3. The molecule has 1 fully saturated rings. The van der Waals surface area contributed by atoms with E-state index in [1.54, 1.807) is 11.8 Å². The molecule has 20 heavy (non-hydrogen) atoms. The number of nitrogens with one attached hydrogen (secondary N) is 1. The Morgan fingerprint density at radius 3 is 2.70 bits per heavy atom. The number of aromatic nitrogens is 2. The zero-order valence-corrected chi connectivity index (χ0v) is 10.9. The van der Waals surface area contributed by atoms with E-state index in [9.17, 15) is 18.3 Å². The molecule has 1 aromatic rings. The first kappa shape index (κ1) is 14.8. The van der Waals surface area contributed by atoms with Gasteiger partial charge in [-0.3, -0.25) is 5.43 Å². The van der Waals surface area contributed by atoms with Gasteiger partial charge in [0.15, 0.2) is 5.69 Å². The summed E-state index contributed by atoms with van der Waals surface area (Å²) in [5.74, 6) is 4.90. The summed E-state index contributed by atoms with van der Waals surface area (Å²) in [7, 11) is 0. The largest absolute Gasteiger partial charge is 0.433 e. The molecule has 0 aliphatic carbocycles. The molecule has 1 aliphatic heterocycles. The fourth-order valence-corrected chi connectivity index (χ4v) is 2.22. The maximum absolute atomic E-state index is 12.8. The molecule has 1 aromatic heterocycles. The lowest BCUT2D eigenvalue weighted by atomic mass is 9.95. The van der Waals surface area contributed by atoms with Crippen LogP contribution in [0.2, 0.25) is 0 Å². The average molecular weight is 291 g/mol. The molecule has 9 heteroatoms. The minimum Gasteiger partial charge on any atom is -0.388 e. The van der Waals surface area contributed by atoms with E-state index < -0.39 is 17.5 Å². The van der Waals surface area contributed by atoms with E-state index in [-0.39, 0.29) is 18.3 Å². The molecule has 1 saturated heterocycles. The van der Waals surface area contributed by atoms with Gasteiger partial charge in [-0.15, -0.1) is 0 Å². The number of alkyl halides is 3. The predicted octanol–water partition coefficient (Wildman–Crippen LogP) is 1.13. The Morgan fingerprint density at radius 2 is 2.15 bits per heavy atom. The third kappa shape index (κ3) is 3.28. The Balaban J connectivity index is 2.36. The Hall–Kier alpha value is -1.61. The van der Waals surface area contributed by atoms with Crippen molar-refractivity contribution in [3.8, 4) is 0 Å². The first-order chi connectivity index (χ1) is 9.21. The van der Waals surface area contributed by atoms with Crippen LogP contribution < -0.4 is 16.2 Å². The van der Waals surface area contributed by atoms with Gasteiger partial charge >= 0.3 is 6.18 Å². The minimum absolute atomic E-state index is 0.0975. The van der Waals surface area contributed by atoms with Gasteiger partial charge in [0.1, 0.15) is 5.82 Å². The van der Waals surface area contributed by atoms with Crippen LogP contribution in [-0.2, 0) is 6.18 Å². The van der Waals surface area contributed by atoms with E-state index in [0.717, 1.165) is 6.07 Å². The SMILES string of the molecule is CC1(O)CCCN(c2cc(C(F)(F)F)nc(NN)n2)C1. The standard InChI is InChI=1S/C11H16F3N5O/c1-10(20)3-2-4-19(6-10)8-5-7(11(12,13)14)16-9(17-8)18-15/h5,20H,2-4,6,15H2,1H3,(H,16,17,18). The van der Waals surface area contributed by atoms with Gasteiger partial charge in [0.25, 0.3) is 0 Å². The molecule has 6 nitrogen and oxygen atoms in total. The lowest BCUT2D eigenvalue weighted by Gasteiger charge is -2.37. The summed E-state index contributed by atoms with van der Waals surface area (Å²) in [6.07, 6.45) is -3.31. The zero-order valence-electron chi connectivity index (χ0n) is 10.9. The lowest BCUT2D eigenvalue weighted by Crippen LogP contribution is -2.46. The molecule has 2 heterocycles. The summed E-state index contributed by atoms with van der Waals surface area (Å²) in [4.78, 5) is 8.81. The maximum atomic E-state index is 12.8. The van der Waals surface area contributed by atoms with Crippen molar-refractivity contribution < 1.29 is 18.3 Å². The normalized spacial score (nSPS) is 23.8. The van der Waals surface area contributed by atoms with Crippen LogP contribution in [0.5, 0.6) is 0 Å². The number of nitrogens with two attached hydrogens (primary N) is 1. The highest BCUT2D eigenvalue weighted by atomic mass is 19.4. The average Bonchev–Trinajstić information content (AvgIpc) is 2.36. The second kappa shape index (κ2) is 5.06. The third-order valence-electron chi connectivity index (χ3n) is 3.13. The number of anilines is 2. The number of hydrazine groups is 1. The van der Waals surface area contributed by atoms with Crippen molar-refractivity contribution >= 4 is 11.8 Å². The van der Waals surface area contributed by atoms with E-state index in [4.69, 9.17) is 5.84 Å². The highest BCUT2D eigenvalue weighted by Gasteiger charge is 2.35. The monoisotopic (exact) mass is 291 g/mol. The smallest absolute Gasteiger partial charge is 0.388 e. The Bertz CT molecular complexity index is 491.